The Morgan fingerprint density at radius 2 is 1.52 bits per heavy atom. The van der Waals surface area contributed by atoms with Gasteiger partial charge in [0, 0.05) is 24.3 Å². The molecule has 0 radical (unpaired) electrons. The highest BCUT2D eigenvalue weighted by atomic mass is 79.9. The van der Waals surface area contributed by atoms with E-state index in [0.717, 1.165) is 37.6 Å². The Hall–Kier alpha value is 0.920. The van der Waals surface area contributed by atoms with Gasteiger partial charge in [0.25, 0.3) is 0 Å². The molecule has 29 heavy (non-hydrogen) atoms. The van der Waals surface area contributed by atoms with Crippen molar-refractivity contribution in [3.8, 4) is 0 Å². The molecule has 1 atom stereocenters. The summed E-state index contributed by atoms with van der Waals surface area (Å²) in [5.74, 6) is 1.41. The molecule has 0 spiro atoms. The molecular weight excluding hydrogens is 478 g/mol. The normalized spacial score (nSPS) is 16.2. The Balaban J connectivity index is -0.000000146. The zero-order valence-corrected chi connectivity index (χ0v) is 23.6. The second kappa shape index (κ2) is 23.6. The fraction of sp³-hybridized carbons (Fsp3) is 1.00. The molecule has 0 aromatic carbocycles. The fourth-order valence-electron chi connectivity index (χ4n) is 1.43. The van der Waals surface area contributed by atoms with Crippen LogP contribution in [0.2, 0.25) is 0 Å². The van der Waals surface area contributed by atoms with Gasteiger partial charge in [-0.15, -0.1) is 11.6 Å². The van der Waals surface area contributed by atoms with Crippen molar-refractivity contribution in [2.24, 2.45) is 5.92 Å². The second-order valence-corrected chi connectivity index (χ2v) is 10.1. The predicted molar refractivity (Wildman–Crippen MR) is 137 cm³/mol. The van der Waals surface area contributed by atoms with Crippen molar-refractivity contribution in [1.29, 1.82) is 0 Å². The Morgan fingerprint density at radius 1 is 1.07 bits per heavy atom. The van der Waals surface area contributed by atoms with Gasteiger partial charge in [-0.25, -0.2) is 0 Å². The lowest BCUT2D eigenvalue weighted by Gasteiger charge is -2.21. The third-order valence-corrected chi connectivity index (χ3v) is 2.91. The zero-order chi connectivity index (χ0) is 22.6. The van der Waals surface area contributed by atoms with Gasteiger partial charge in [0.15, 0.2) is 0 Å². The minimum absolute atomic E-state index is 0. The third-order valence-electron chi connectivity index (χ3n) is 2.43. The largest absolute Gasteiger partial charge is 0.394 e. The van der Waals surface area contributed by atoms with Gasteiger partial charge in [0.2, 0.25) is 0 Å². The van der Waals surface area contributed by atoms with Crippen LogP contribution >= 0.6 is 41.0 Å². The van der Waals surface area contributed by atoms with Gasteiger partial charge in [-0.3, -0.25) is 0 Å². The zero-order valence-electron chi connectivity index (χ0n) is 20.2. The molecule has 5 nitrogen and oxygen atoms in total. The van der Waals surface area contributed by atoms with E-state index in [0.29, 0.717) is 12.5 Å². The van der Waals surface area contributed by atoms with Crippen LogP contribution in [-0.2, 0) is 14.2 Å². The predicted octanol–water partition coefficient (Wildman–Crippen LogP) is 4.98. The van der Waals surface area contributed by atoms with E-state index in [9.17, 15) is 0 Å². The van der Waals surface area contributed by atoms with Crippen molar-refractivity contribution < 1.29 is 19.3 Å². The standard InChI is InChI=1S/C6H13BrO.C6H13ClO.C5H11NO2.C4H10.H2S/c2*1-6(2,3)8-5-4-7;7-4-5-3-6-1-2-8-5;1-4(2)3;/h2*4-5H2,1-3H3;5-7H,1-4H2;4H,1-3H3;1H2/t;;5-;;/m..0../s1. The smallest absolute Gasteiger partial charge is 0.0930 e. The highest BCUT2D eigenvalue weighted by molar-refractivity contribution is 9.09. The van der Waals surface area contributed by atoms with E-state index >= 15 is 0 Å². The summed E-state index contributed by atoms with van der Waals surface area (Å²) in [4.78, 5) is 0. The molecule has 0 unspecified atom stereocenters. The second-order valence-electron chi connectivity index (χ2n) is 8.91. The highest BCUT2D eigenvalue weighted by Gasteiger charge is 2.10. The van der Waals surface area contributed by atoms with Gasteiger partial charge in [0.05, 0.1) is 43.7 Å². The first kappa shape index (κ1) is 37.2. The molecule has 8 heteroatoms. The lowest BCUT2D eigenvalue weighted by molar-refractivity contribution is -0.00618. The van der Waals surface area contributed by atoms with Crippen LogP contribution < -0.4 is 5.32 Å². The maximum Gasteiger partial charge on any atom is 0.0930 e. The number of hydrogen-bond acceptors (Lipinski definition) is 5. The van der Waals surface area contributed by atoms with Crippen molar-refractivity contribution in [2.75, 3.05) is 50.7 Å². The van der Waals surface area contributed by atoms with E-state index < -0.39 is 0 Å². The molecule has 1 fully saturated rings. The maximum atomic E-state index is 8.53. The minimum Gasteiger partial charge on any atom is -0.394 e. The number of hydrogen-bond donors (Lipinski definition) is 2. The monoisotopic (exact) mass is 525 g/mol. The molecular formula is C21H49BrClNO4S. The van der Waals surface area contributed by atoms with Crippen LogP contribution in [-0.4, -0.2) is 73.1 Å². The van der Waals surface area contributed by atoms with E-state index in [1.54, 1.807) is 0 Å². The molecule has 1 saturated heterocycles. The van der Waals surface area contributed by atoms with Gasteiger partial charge in [-0.1, -0.05) is 36.7 Å². The quantitative estimate of drug-likeness (QED) is 0.495. The molecule has 1 aliphatic rings. The molecule has 0 aromatic rings. The molecule has 0 aliphatic carbocycles. The SMILES string of the molecule is CC(C)(C)OCCBr.CC(C)(C)OCCCl.CC(C)C.OC[C@@H]1CNCCO1.S. The summed E-state index contributed by atoms with van der Waals surface area (Å²) < 4.78 is 15.7. The van der Waals surface area contributed by atoms with Crippen LogP contribution in [0.25, 0.3) is 0 Å². The van der Waals surface area contributed by atoms with Crippen LogP contribution in [0.4, 0.5) is 0 Å². The average Bonchev–Trinajstić information content (AvgIpc) is 2.58. The lowest BCUT2D eigenvalue weighted by Crippen LogP contribution is -2.40. The molecule has 0 bridgehead atoms. The molecule has 1 heterocycles. The molecule has 1 aliphatic heterocycles. The van der Waals surface area contributed by atoms with E-state index in [1.165, 1.54) is 0 Å². The lowest BCUT2D eigenvalue weighted by atomic mass is 10.2. The van der Waals surface area contributed by atoms with Crippen LogP contribution in [0.5, 0.6) is 0 Å². The first-order chi connectivity index (χ1) is 12.8. The first-order valence-electron chi connectivity index (χ1n) is 10.1. The van der Waals surface area contributed by atoms with Crippen molar-refractivity contribution in [3.05, 3.63) is 0 Å². The Morgan fingerprint density at radius 3 is 1.69 bits per heavy atom. The summed E-state index contributed by atoms with van der Waals surface area (Å²) in [5, 5.41) is 12.5. The minimum atomic E-state index is -0.0328. The van der Waals surface area contributed by atoms with Crippen molar-refractivity contribution >= 4 is 41.0 Å². The number of halogens is 2. The fourth-order valence-corrected chi connectivity index (χ4v) is 1.67. The maximum absolute atomic E-state index is 8.53. The van der Waals surface area contributed by atoms with Crippen molar-refractivity contribution in [3.63, 3.8) is 0 Å². The summed E-state index contributed by atoms with van der Waals surface area (Å²) in [5.41, 5.74) is -0.0112. The van der Waals surface area contributed by atoms with Crippen LogP contribution in [0.1, 0.15) is 62.3 Å². The number of aliphatic hydroxyl groups is 1. The van der Waals surface area contributed by atoms with Crippen LogP contribution in [0.3, 0.4) is 0 Å². The number of morpholine rings is 1. The summed E-state index contributed by atoms with van der Waals surface area (Å²) in [6.07, 6.45) is 0.0312. The van der Waals surface area contributed by atoms with Gasteiger partial charge >= 0.3 is 0 Å². The molecule has 2 N–H and O–H groups in total. The molecule has 0 amide bonds. The van der Waals surface area contributed by atoms with E-state index in [2.05, 4.69) is 62.8 Å². The first-order valence-corrected chi connectivity index (χ1v) is 11.8. The summed E-state index contributed by atoms with van der Waals surface area (Å²) in [6.45, 7) is 22.7. The van der Waals surface area contributed by atoms with Gasteiger partial charge in [-0.2, -0.15) is 13.5 Å². The van der Waals surface area contributed by atoms with Crippen LogP contribution in [0, 0.1) is 5.92 Å². The van der Waals surface area contributed by atoms with Gasteiger partial charge in [-0.05, 0) is 47.5 Å². The number of ether oxygens (including phenoxy) is 3. The molecule has 0 aromatic heterocycles. The average molecular weight is 527 g/mol. The van der Waals surface area contributed by atoms with E-state index in [4.69, 9.17) is 30.9 Å². The van der Waals surface area contributed by atoms with Crippen molar-refractivity contribution in [1.82, 2.24) is 5.32 Å². The summed E-state index contributed by atoms with van der Waals surface area (Å²) >= 11 is 8.66. The van der Waals surface area contributed by atoms with Crippen LogP contribution in [0.15, 0.2) is 0 Å². The topological polar surface area (TPSA) is 60.0 Å². The van der Waals surface area contributed by atoms with Gasteiger partial charge < -0.3 is 24.6 Å². The number of alkyl halides is 2. The van der Waals surface area contributed by atoms with E-state index in [-0.39, 0.29) is 37.4 Å². The summed E-state index contributed by atoms with van der Waals surface area (Å²) in [6, 6.07) is 0. The highest BCUT2D eigenvalue weighted by Crippen LogP contribution is 2.06. The number of rotatable bonds is 5. The van der Waals surface area contributed by atoms with E-state index in [1.807, 2.05) is 20.8 Å². The number of nitrogens with one attached hydrogen (secondary N) is 1. The van der Waals surface area contributed by atoms with Crippen molar-refractivity contribution in [2.45, 2.75) is 79.6 Å². The van der Waals surface area contributed by atoms with Gasteiger partial charge in [0.1, 0.15) is 0 Å². The molecule has 182 valence electrons. The molecule has 0 saturated carbocycles. The molecule has 1 rings (SSSR count). The Kier molecular flexibility index (Phi) is 30.3. The third kappa shape index (κ3) is 47.9. The Labute approximate surface area is 201 Å². The summed E-state index contributed by atoms with van der Waals surface area (Å²) in [7, 11) is 0. The Bertz CT molecular complexity index is 287. The number of aliphatic hydroxyl groups excluding tert-OH is 1.